The third-order valence-corrected chi connectivity index (χ3v) is 2.55. The minimum absolute atomic E-state index is 0.0623. The first-order valence-corrected chi connectivity index (χ1v) is 6.46. The largest absolute Gasteiger partial charge is 0.351 e. The van der Waals surface area contributed by atoms with Gasteiger partial charge in [0.15, 0.2) is 0 Å². The molecule has 3 heteroatoms. The van der Waals surface area contributed by atoms with Crippen molar-refractivity contribution in [2.45, 2.75) is 26.2 Å². The summed E-state index contributed by atoms with van der Waals surface area (Å²) in [6.45, 7) is 11.5. The topological polar surface area (TPSA) is 32.3 Å². The number of rotatable bonds is 10. The summed E-state index contributed by atoms with van der Waals surface area (Å²) in [5.74, 6) is -0.0623. The van der Waals surface area contributed by atoms with Gasteiger partial charge in [-0.1, -0.05) is 24.8 Å². The van der Waals surface area contributed by atoms with Crippen LogP contribution in [0.4, 0.5) is 0 Å². The van der Waals surface area contributed by atoms with Crippen LogP contribution in [0, 0.1) is 0 Å². The summed E-state index contributed by atoms with van der Waals surface area (Å²) >= 11 is 0. The van der Waals surface area contributed by atoms with E-state index in [1.54, 1.807) is 6.92 Å². The van der Waals surface area contributed by atoms with Crippen molar-refractivity contribution < 1.29 is 4.79 Å². The Morgan fingerprint density at radius 2 is 1.89 bits per heavy atom. The summed E-state index contributed by atoms with van der Waals surface area (Å²) in [6, 6.07) is 0. The molecule has 0 radical (unpaired) electrons. The average Bonchev–Trinajstić information content (AvgIpc) is 2.33. The molecule has 0 heterocycles. The normalized spacial score (nSPS) is 10.8. The summed E-state index contributed by atoms with van der Waals surface area (Å²) in [5, 5.41) is 2.82. The molecule has 0 aromatic heterocycles. The van der Waals surface area contributed by atoms with Crippen molar-refractivity contribution in [2.75, 3.05) is 26.7 Å². The van der Waals surface area contributed by atoms with E-state index >= 15 is 0 Å². The zero-order chi connectivity index (χ0) is 13.8. The Morgan fingerprint density at radius 3 is 2.50 bits per heavy atom. The molecule has 18 heavy (non-hydrogen) atoms. The maximum Gasteiger partial charge on any atom is 0.246 e. The highest BCUT2D eigenvalue weighted by molar-refractivity contribution is 5.92. The van der Waals surface area contributed by atoms with E-state index in [1.165, 1.54) is 0 Å². The summed E-state index contributed by atoms with van der Waals surface area (Å²) in [4.78, 5) is 13.4. The molecular weight excluding hydrogens is 224 g/mol. The van der Waals surface area contributed by atoms with Gasteiger partial charge in [-0.05, 0) is 33.2 Å². The fourth-order valence-electron chi connectivity index (χ4n) is 1.37. The molecule has 3 nitrogen and oxygen atoms in total. The highest BCUT2D eigenvalue weighted by atomic mass is 16.1. The van der Waals surface area contributed by atoms with Gasteiger partial charge in [0.2, 0.25) is 5.91 Å². The molecule has 0 aliphatic carbocycles. The molecule has 0 unspecified atom stereocenters. The van der Waals surface area contributed by atoms with Crippen molar-refractivity contribution in [3.05, 3.63) is 37.0 Å². The lowest BCUT2D eigenvalue weighted by Gasteiger charge is -2.15. The van der Waals surface area contributed by atoms with Crippen LogP contribution in [0.2, 0.25) is 0 Å². The second-order valence-corrected chi connectivity index (χ2v) is 4.47. The Morgan fingerprint density at radius 1 is 1.22 bits per heavy atom. The quantitative estimate of drug-likeness (QED) is 0.367. The van der Waals surface area contributed by atoms with Gasteiger partial charge in [-0.2, -0.15) is 0 Å². The van der Waals surface area contributed by atoms with E-state index in [-0.39, 0.29) is 5.91 Å². The van der Waals surface area contributed by atoms with Crippen LogP contribution in [0.25, 0.3) is 0 Å². The highest BCUT2D eigenvalue weighted by Gasteiger charge is 2.01. The van der Waals surface area contributed by atoms with Gasteiger partial charge in [0, 0.05) is 25.2 Å². The van der Waals surface area contributed by atoms with Gasteiger partial charge in [-0.25, -0.2) is 0 Å². The lowest BCUT2D eigenvalue weighted by Crippen LogP contribution is -2.33. The number of hydrogen-bond acceptors (Lipinski definition) is 2. The van der Waals surface area contributed by atoms with Crippen LogP contribution in [-0.4, -0.2) is 37.5 Å². The van der Waals surface area contributed by atoms with Crippen molar-refractivity contribution in [1.29, 1.82) is 0 Å². The monoisotopic (exact) mass is 250 g/mol. The predicted molar refractivity (Wildman–Crippen MR) is 78.5 cm³/mol. The summed E-state index contributed by atoms with van der Waals surface area (Å²) in [7, 11) is 2.06. The van der Waals surface area contributed by atoms with E-state index in [4.69, 9.17) is 0 Å². The van der Waals surface area contributed by atoms with Crippen LogP contribution < -0.4 is 5.32 Å². The predicted octanol–water partition coefficient (Wildman–Crippen LogP) is 2.52. The number of likely N-dealkylation sites (N-methyl/N-ethyl adjacent to an activating group) is 1. The number of carbonyl (C=O) groups is 1. The molecule has 0 aromatic carbocycles. The number of nitrogens with zero attached hydrogens (tertiary/aromatic N) is 1. The first kappa shape index (κ1) is 16.6. The van der Waals surface area contributed by atoms with Gasteiger partial charge < -0.3 is 10.2 Å². The number of allylic oxidation sites excluding steroid dienone is 2. The minimum atomic E-state index is -0.0623. The Balaban J connectivity index is 3.51. The van der Waals surface area contributed by atoms with Crippen molar-refractivity contribution >= 4 is 5.91 Å². The zero-order valence-corrected chi connectivity index (χ0v) is 11.7. The van der Waals surface area contributed by atoms with E-state index in [2.05, 4.69) is 42.6 Å². The maximum absolute atomic E-state index is 11.2. The Labute approximate surface area is 111 Å². The van der Waals surface area contributed by atoms with Gasteiger partial charge in [-0.15, -0.1) is 6.58 Å². The van der Waals surface area contributed by atoms with Crippen molar-refractivity contribution in [1.82, 2.24) is 10.2 Å². The van der Waals surface area contributed by atoms with Crippen LogP contribution in [-0.2, 0) is 4.79 Å². The zero-order valence-electron chi connectivity index (χ0n) is 11.7. The van der Waals surface area contributed by atoms with E-state index in [0.717, 1.165) is 32.4 Å². The Kier molecular flexibility index (Phi) is 9.97. The van der Waals surface area contributed by atoms with Gasteiger partial charge in [-0.3, -0.25) is 4.79 Å². The van der Waals surface area contributed by atoms with Crippen molar-refractivity contribution in [3.63, 3.8) is 0 Å². The third-order valence-electron chi connectivity index (χ3n) is 2.55. The summed E-state index contributed by atoms with van der Waals surface area (Å²) in [5.41, 5.74) is 0.558. The van der Waals surface area contributed by atoms with Gasteiger partial charge in [0.1, 0.15) is 0 Å². The van der Waals surface area contributed by atoms with Gasteiger partial charge in [0.05, 0.1) is 0 Å². The molecule has 0 saturated heterocycles. The molecule has 0 aliphatic heterocycles. The number of amides is 1. The van der Waals surface area contributed by atoms with Crippen molar-refractivity contribution in [3.8, 4) is 0 Å². The lowest BCUT2D eigenvalue weighted by molar-refractivity contribution is -0.117. The van der Waals surface area contributed by atoms with Gasteiger partial charge in [0.25, 0.3) is 0 Å². The molecule has 0 aromatic rings. The van der Waals surface area contributed by atoms with E-state index in [9.17, 15) is 4.79 Å². The molecular formula is C15H26N2O. The van der Waals surface area contributed by atoms with Crippen LogP contribution >= 0.6 is 0 Å². The molecule has 0 spiro atoms. The van der Waals surface area contributed by atoms with Crippen LogP contribution in [0.1, 0.15) is 26.2 Å². The second-order valence-electron chi connectivity index (χ2n) is 4.47. The SMILES string of the molecule is C=CCC/C=C/CCN(C)CCNC(=O)C(=C)C. The molecule has 102 valence electrons. The Hall–Kier alpha value is -1.35. The molecule has 0 aliphatic rings. The number of hydrogen-bond donors (Lipinski definition) is 1. The molecule has 0 rings (SSSR count). The molecule has 0 bridgehead atoms. The van der Waals surface area contributed by atoms with E-state index in [1.807, 2.05) is 6.08 Å². The minimum Gasteiger partial charge on any atom is -0.351 e. The summed E-state index contributed by atoms with van der Waals surface area (Å²) in [6.07, 6.45) is 9.48. The smallest absolute Gasteiger partial charge is 0.246 e. The lowest BCUT2D eigenvalue weighted by atomic mass is 10.2. The third kappa shape index (κ3) is 9.85. The number of carbonyl (C=O) groups excluding carboxylic acids is 1. The summed E-state index contributed by atoms with van der Waals surface area (Å²) < 4.78 is 0. The molecule has 0 saturated carbocycles. The van der Waals surface area contributed by atoms with E-state index in [0.29, 0.717) is 12.1 Å². The fraction of sp³-hybridized carbons (Fsp3) is 0.533. The highest BCUT2D eigenvalue weighted by Crippen LogP contribution is 1.94. The van der Waals surface area contributed by atoms with Crippen LogP contribution in [0.3, 0.4) is 0 Å². The van der Waals surface area contributed by atoms with Crippen LogP contribution in [0.5, 0.6) is 0 Å². The molecule has 1 N–H and O–H groups in total. The first-order chi connectivity index (χ1) is 8.57. The van der Waals surface area contributed by atoms with Crippen LogP contribution in [0.15, 0.2) is 37.0 Å². The number of nitrogens with one attached hydrogen (secondary N) is 1. The fourth-order valence-corrected chi connectivity index (χ4v) is 1.37. The Bertz CT molecular complexity index is 295. The number of unbranched alkanes of at least 4 members (excludes halogenated alkanes) is 1. The van der Waals surface area contributed by atoms with Gasteiger partial charge >= 0.3 is 0 Å². The van der Waals surface area contributed by atoms with Crippen molar-refractivity contribution in [2.24, 2.45) is 0 Å². The standard InChI is InChI=1S/C15H26N2O/c1-5-6-7-8-9-10-12-17(4)13-11-16-15(18)14(2)3/h5,8-9H,1-2,6-7,10-13H2,3-4H3,(H,16,18)/b9-8+. The molecule has 0 atom stereocenters. The molecule has 1 amide bonds. The molecule has 0 fully saturated rings. The maximum atomic E-state index is 11.2. The first-order valence-electron chi connectivity index (χ1n) is 6.46. The van der Waals surface area contributed by atoms with E-state index < -0.39 is 0 Å². The average molecular weight is 250 g/mol. The second kappa shape index (κ2) is 10.8.